The highest BCUT2D eigenvalue weighted by molar-refractivity contribution is 9.09. The molecular formula is C17H17BrO2. The zero-order valence-corrected chi connectivity index (χ0v) is 13.5. The van der Waals surface area contributed by atoms with E-state index in [4.69, 9.17) is 4.74 Å². The number of alkyl halides is 1. The summed E-state index contributed by atoms with van der Waals surface area (Å²) in [6.07, 6.45) is 0. The first-order valence-corrected chi connectivity index (χ1v) is 7.58. The fourth-order valence-electron chi connectivity index (χ4n) is 2.23. The molecule has 0 aliphatic carbocycles. The Bertz CT molecular complexity index is 607. The number of carbonyl (C=O) groups excluding carboxylic acids is 1. The predicted octanol–water partition coefficient (Wildman–Crippen LogP) is 4.98. The van der Waals surface area contributed by atoms with Crippen LogP contribution in [0.25, 0.3) is 0 Å². The molecule has 20 heavy (non-hydrogen) atoms. The van der Waals surface area contributed by atoms with Gasteiger partial charge in [-0.15, -0.1) is 0 Å². The van der Waals surface area contributed by atoms with Crippen LogP contribution in [0.15, 0.2) is 36.4 Å². The molecule has 0 radical (unpaired) electrons. The van der Waals surface area contributed by atoms with Crippen molar-refractivity contribution in [3.8, 4) is 11.5 Å². The van der Waals surface area contributed by atoms with Crippen LogP contribution in [0.1, 0.15) is 27.0 Å². The normalized spacial score (nSPS) is 10.4. The molecule has 0 fully saturated rings. The van der Waals surface area contributed by atoms with E-state index in [1.165, 1.54) is 5.56 Å². The summed E-state index contributed by atoms with van der Waals surface area (Å²) in [6.45, 7) is 5.91. The van der Waals surface area contributed by atoms with E-state index in [9.17, 15) is 4.79 Å². The van der Waals surface area contributed by atoms with E-state index in [0.717, 1.165) is 28.2 Å². The van der Waals surface area contributed by atoms with Crippen LogP contribution in [0.5, 0.6) is 11.5 Å². The third kappa shape index (κ3) is 3.28. The van der Waals surface area contributed by atoms with Gasteiger partial charge >= 0.3 is 0 Å². The van der Waals surface area contributed by atoms with Crippen LogP contribution < -0.4 is 4.74 Å². The Hall–Kier alpha value is -1.61. The van der Waals surface area contributed by atoms with Crippen LogP contribution in [0.2, 0.25) is 0 Å². The summed E-state index contributed by atoms with van der Waals surface area (Å²) >= 11 is 3.22. The molecule has 2 rings (SSSR count). The van der Waals surface area contributed by atoms with Gasteiger partial charge in [0.15, 0.2) is 5.78 Å². The van der Waals surface area contributed by atoms with Gasteiger partial charge in [0.2, 0.25) is 0 Å². The Morgan fingerprint density at radius 1 is 1.00 bits per heavy atom. The summed E-state index contributed by atoms with van der Waals surface area (Å²) in [6, 6.07) is 11.7. The number of halogens is 1. The maximum absolute atomic E-state index is 11.9. The van der Waals surface area contributed by atoms with Crippen LogP contribution >= 0.6 is 15.9 Å². The lowest BCUT2D eigenvalue weighted by molar-refractivity contribution is 0.102. The minimum atomic E-state index is 0.0990. The molecule has 0 saturated heterocycles. The van der Waals surface area contributed by atoms with Gasteiger partial charge in [0.25, 0.3) is 0 Å². The van der Waals surface area contributed by atoms with Crippen molar-refractivity contribution >= 4 is 21.7 Å². The van der Waals surface area contributed by atoms with E-state index in [-0.39, 0.29) is 5.78 Å². The van der Waals surface area contributed by atoms with Crippen molar-refractivity contribution < 1.29 is 9.53 Å². The van der Waals surface area contributed by atoms with Crippen molar-refractivity contribution in [1.29, 1.82) is 0 Å². The molecule has 0 bridgehead atoms. The minimum absolute atomic E-state index is 0.0990. The van der Waals surface area contributed by atoms with Gasteiger partial charge in [-0.25, -0.2) is 0 Å². The Labute approximate surface area is 127 Å². The molecule has 0 unspecified atom stereocenters. The van der Waals surface area contributed by atoms with Gasteiger partial charge in [-0.1, -0.05) is 33.6 Å². The van der Waals surface area contributed by atoms with E-state index in [2.05, 4.69) is 15.9 Å². The number of hydrogen-bond donors (Lipinski definition) is 0. The van der Waals surface area contributed by atoms with Gasteiger partial charge in [-0.3, -0.25) is 4.79 Å². The number of aryl methyl sites for hydroxylation is 3. The summed E-state index contributed by atoms with van der Waals surface area (Å²) in [7, 11) is 0. The smallest absolute Gasteiger partial charge is 0.173 e. The summed E-state index contributed by atoms with van der Waals surface area (Å²) in [5.41, 5.74) is 3.86. The van der Waals surface area contributed by atoms with Crippen molar-refractivity contribution in [2.75, 3.05) is 5.33 Å². The second-order valence-corrected chi connectivity index (χ2v) is 5.46. The number of rotatable bonds is 4. The van der Waals surface area contributed by atoms with Gasteiger partial charge in [0.1, 0.15) is 11.5 Å². The summed E-state index contributed by atoms with van der Waals surface area (Å²) in [5, 5.41) is 0.340. The summed E-state index contributed by atoms with van der Waals surface area (Å²) < 4.78 is 5.84. The van der Waals surface area contributed by atoms with Crippen LogP contribution in [0.4, 0.5) is 0 Å². The van der Waals surface area contributed by atoms with E-state index >= 15 is 0 Å². The molecule has 0 spiro atoms. The summed E-state index contributed by atoms with van der Waals surface area (Å²) in [5.74, 6) is 1.66. The quantitative estimate of drug-likeness (QED) is 0.582. The number of carbonyl (C=O) groups is 1. The van der Waals surface area contributed by atoms with Gasteiger partial charge in [-0.05, 0) is 56.2 Å². The van der Waals surface area contributed by atoms with Crippen LogP contribution in [-0.2, 0) is 0 Å². The highest BCUT2D eigenvalue weighted by atomic mass is 79.9. The Balaban J connectivity index is 2.30. The third-order valence-electron chi connectivity index (χ3n) is 3.16. The average Bonchev–Trinajstić information content (AvgIpc) is 2.40. The first kappa shape index (κ1) is 14.8. The van der Waals surface area contributed by atoms with Crippen LogP contribution in [0, 0.1) is 20.8 Å². The molecule has 0 aliphatic heterocycles. The summed E-state index contributed by atoms with van der Waals surface area (Å²) in [4.78, 5) is 11.9. The number of ketones is 1. The lowest BCUT2D eigenvalue weighted by atomic mass is 9.99. The van der Waals surface area contributed by atoms with Gasteiger partial charge < -0.3 is 4.74 Å². The fourth-order valence-corrected chi connectivity index (χ4v) is 2.51. The molecule has 2 aromatic rings. The van der Waals surface area contributed by atoms with E-state index < -0.39 is 0 Å². The lowest BCUT2D eigenvalue weighted by Gasteiger charge is -2.12. The molecule has 0 aliphatic rings. The van der Waals surface area contributed by atoms with Crippen LogP contribution in [0.3, 0.4) is 0 Å². The van der Waals surface area contributed by atoms with Crippen molar-refractivity contribution in [3.63, 3.8) is 0 Å². The average molecular weight is 333 g/mol. The van der Waals surface area contributed by atoms with E-state index in [0.29, 0.717) is 5.33 Å². The third-order valence-corrected chi connectivity index (χ3v) is 3.67. The topological polar surface area (TPSA) is 26.3 Å². The SMILES string of the molecule is Cc1ccc(Oc2cc(C)c(C(=O)CBr)c(C)c2)cc1. The molecule has 0 atom stereocenters. The lowest BCUT2D eigenvalue weighted by Crippen LogP contribution is -2.05. The standard InChI is InChI=1S/C17H17BrO2/c1-11-4-6-14(7-5-11)20-15-8-12(2)17(13(3)9-15)16(19)10-18/h4-9H,10H2,1-3H3. The minimum Gasteiger partial charge on any atom is -0.457 e. The molecule has 2 aromatic carbocycles. The largest absolute Gasteiger partial charge is 0.457 e. The van der Waals surface area contributed by atoms with Gasteiger partial charge in [0.05, 0.1) is 5.33 Å². The van der Waals surface area contributed by atoms with Gasteiger partial charge in [0, 0.05) is 5.56 Å². The van der Waals surface area contributed by atoms with Crippen molar-refractivity contribution in [3.05, 3.63) is 58.7 Å². The van der Waals surface area contributed by atoms with Gasteiger partial charge in [-0.2, -0.15) is 0 Å². The first-order valence-electron chi connectivity index (χ1n) is 6.46. The zero-order valence-electron chi connectivity index (χ0n) is 11.9. The van der Waals surface area contributed by atoms with E-state index in [1.807, 2.05) is 57.2 Å². The Kier molecular flexibility index (Phi) is 4.61. The molecule has 0 N–H and O–H groups in total. The number of Topliss-reactive ketones (excluding diaryl/α,β-unsaturated/α-hetero) is 1. The number of hydrogen-bond acceptors (Lipinski definition) is 2. The van der Waals surface area contributed by atoms with E-state index in [1.54, 1.807) is 0 Å². The van der Waals surface area contributed by atoms with Crippen molar-refractivity contribution in [1.82, 2.24) is 0 Å². The second-order valence-electron chi connectivity index (χ2n) is 4.90. The molecule has 0 saturated carbocycles. The van der Waals surface area contributed by atoms with Crippen LogP contribution in [-0.4, -0.2) is 11.1 Å². The zero-order chi connectivity index (χ0) is 14.7. The number of ether oxygens (including phenoxy) is 1. The first-order chi connectivity index (χ1) is 9.51. The Morgan fingerprint density at radius 3 is 2.05 bits per heavy atom. The molecule has 0 amide bonds. The highest BCUT2D eigenvalue weighted by Crippen LogP contribution is 2.27. The molecule has 0 aromatic heterocycles. The van der Waals surface area contributed by atoms with Crippen molar-refractivity contribution in [2.24, 2.45) is 0 Å². The molecule has 104 valence electrons. The number of benzene rings is 2. The molecular weight excluding hydrogens is 316 g/mol. The molecule has 2 nitrogen and oxygen atoms in total. The van der Waals surface area contributed by atoms with Crippen molar-refractivity contribution in [2.45, 2.75) is 20.8 Å². The molecule has 3 heteroatoms. The predicted molar refractivity (Wildman–Crippen MR) is 85.3 cm³/mol. The maximum Gasteiger partial charge on any atom is 0.173 e. The monoisotopic (exact) mass is 332 g/mol. The highest BCUT2D eigenvalue weighted by Gasteiger charge is 2.13. The second kappa shape index (κ2) is 6.23. The fraction of sp³-hybridized carbons (Fsp3) is 0.235. The Morgan fingerprint density at radius 2 is 1.55 bits per heavy atom. The maximum atomic E-state index is 11.9. The molecule has 0 heterocycles.